The Hall–Kier alpha value is -2.69. The van der Waals surface area contributed by atoms with E-state index in [4.69, 9.17) is 0 Å². The van der Waals surface area contributed by atoms with Crippen molar-refractivity contribution in [1.82, 2.24) is 20.3 Å². The molecule has 22 heavy (non-hydrogen) atoms. The number of rotatable bonds is 5. The van der Waals surface area contributed by atoms with Gasteiger partial charge in [0.25, 0.3) is 0 Å². The Morgan fingerprint density at radius 2 is 2.14 bits per heavy atom. The minimum Gasteiger partial charge on any atom is -0.360 e. The number of carbonyl (C=O) groups excluding carboxylic acids is 1. The van der Waals surface area contributed by atoms with Crippen molar-refractivity contribution in [3.8, 4) is 11.3 Å². The summed E-state index contributed by atoms with van der Waals surface area (Å²) in [5, 5.41) is 3.94. The number of aromatic nitrogens is 3. The zero-order valence-electron chi connectivity index (χ0n) is 12.5. The number of H-pyrrole nitrogens is 1. The first-order chi connectivity index (χ1) is 10.7. The highest BCUT2D eigenvalue weighted by Gasteiger charge is 2.08. The predicted molar refractivity (Wildman–Crippen MR) is 86.3 cm³/mol. The molecule has 0 fully saturated rings. The van der Waals surface area contributed by atoms with Crippen LogP contribution in [0.4, 0.5) is 0 Å². The molecular formula is C17H18N4O. The van der Waals surface area contributed by atoms with Crippen molar-refractivity contribution in [2.75, 3.05) is 6.54 Å². The third kappa shape index (κ3) is 3.14. The minimum absolute atomic E-state index is 0.00127. The SMILES string of the molecule is CC(=O)NCCCc1cncc(-c2c[nH]c3ccccc23)n1. The third-order valence-electron chi connectivity index (χ3n) is 3.53. The van der Waals surface area contributed by atoms with Crippen LogP contribution in [0.2, 0.25) is 0 Å². The van der Waals surface area contributed by atoms with Gasteiger partial charge in [-0.15, -0.1) is 0 Å². The summed E-state index contributed by atoms with van der Waals surface area (Å²) in [7, 11) is 0. The topological polar surface area (TPSA) is 70.7 Å². The van der Waals surface area contributed by atoms with Crippen LogP contribution in [0.25, 0.3) is 22.2 Å². The lowest BCUT2D eigenvalue weighted by Gasteiger charge is -2.04. The van der Waals surface area contributed by atoms with Crippen molar-refractivity contribution in [3.63, 3.8) is 0 Å². The molecule has 0 bridgehead atoms. The van der Waals surface area contributed by atoms with Gasteiger partial charge in [0.2, 0.25) is 5.91 Å². The van der Waals surface area contributed by atoms with Gasteiger partial charge in [-0.3, -0.25) is 9.78 Å². The molecule has 3 aromatic rings. The van der Waals surface area contributed by atoms with Gasteiger partial charge in [0, 0.05) is 42.3 Å². The van der Waals surface area contributed by atoms with Crippen molar-refractivity contribution in [2.24, 2.45) is 0 Å². The van der Waals surface area contributed by atoms with Crippen molar-refractivity contribution >= 4 is 16.8 Å². The molecule has 5 nitrogen and oxygen atoms in total. The van der Waals surface area contributed by atoms with Crippen LogP contribution in [-0.2, 0) is 11.2 Å². The number of para-hydroxylation sites is 1. The first kappa shape index (κ1) is 14.3. The molecule has 1 amide bonds. The molecule has 2 aromatic heterocycles. The lowest BCUT2D eigenvalue weighted by atomic mass is 10.1. The molecule has 0 aliphatic rings. The molecule has 0 saturated heterocycles. The van der Waals surface area contributed by atoms with E-state index in [2.05, 4.69) is 26.3 Å². The number of carbonyl (C=O) groups is 1. The van der Waals surface area contributed by atoms with Crippen molar-refractivity contribution in [1.29, 1.82) is 0 Å². The molecule has 0 aliphatic carbocycles. The monoisotopic (exact) mass is 294 g/mol. The van der Waals surface area contributed by atoms with Crippen molar-refractivity contribution < 1.29 is 4.79 Å². The molecule has 1 aromatic carbocycles. The summed E-state index contributed by atoms with van der Waals surface area (Å²) >= 11 is 0. The second-order valence-electron chi connectivity index (χ2n) is 5.23. The molecule has 0 saturated carbocycles. The van der Waals surface area contributed by atoms with E-state index in [1.54, 1.807) is 12.4 Å². The number of nitrogens with one attached hydrogen (secondary N) is 2. The Bertz CT molecular complexity index is 794. The largest absolute Gasteiger partial charge is 0.360 e. The van der Waals surface area contributed by atoms with Crippen molar-refractivity contribution in [3.05, 3.63) is 48.5 Å². The second-order valence-corrected chi connectivity index (χ2v) is 5.23. The number of hydrogen-bond acceptors (Lipinski definition) is 3. The summed E-state index contributed by atoms with van der Waals surface area (Å²) < 4.78 is 0. The summed E-state index contributed by atoms with van der Waals surface area (Å²) in [6.07, 6.45) is 7.18. The van der Waals surface area contributed by atoms with E-state index in [-0.39, 0.29) is 5.91 Å². The van der Waals surface area contributed by atoms with E-state index in [0.717, 1.165) is 40.7 Å². The molecule has 2 heterocycles. The number of amides is 1. The smallest absolute Gasteiger partial charge is 0.216 e. The minimum atomic E-state index is -0.00127. The van der Waals surface area contributed by atoms with Gasteiger partial charge in [-0.25, -0.2) is 4.98 Å². The van der Waals surface area contributed by atoms with Crippen LogP contribution in [-0.4, -0.2) is 27.4 Å². The highest BCUT2D eigenvalue weighted by Crippen LogP contribution is 2.26. The van der Waals surface area contributed by atoms with E-state index < -0.39 is 0 Å². The number of nitrogens with zero attached hydrogens (tertiary/aromatic N) is 2. The fraction of sp³-hybridized carbons (Fsp3) is 0.235. The van der Waals surface area contributed by atoms with Gasteiger partial charge in [-0.1, -0.05) is 18.2 Å². The Kier molecular flexibility index (Phi) is 4.14. The van der Waals surface area contributed by atoms with Crippen LogP contribution in [0, 0.1) is 0 Å². The Morgan fingerprint density at radius 1 is 1.27 bits per heavy atom. The molecule has 2 N–H and O–H groups in total. The first-order valence-electron chi connectivity index (χ1n) is 7.36. The zero-order valence-corrected chi connectivity index (χ0v) is 12.5. The van der Waals surface area contributed by atoms with Gasteiger partial charge in [-0.05, 0) is 18.9 Å². The van der Waals surface area contributed by atoms with E-state index in [0.29, 0.717) is 6.54 Å². The maximum absolute atomic E-state index is 10.8. The number of fused-ring (bicyclic) bond motifs is 1. The van der Waals surface area contributed by atoms with Gasteiger partial charge in [0.05, 0.1) is 17.6 Å². The van der Waals surface area contributed by atoms with E-state index in [1.165, 1.54) is 6.92 Å². The van der Waals surface area contributed by atoms with Gasteiger partial charge >= 0.3 is 0 Å². The summed E-state index contributed by atoms with van der Waals surface area (Å²) in [6, 6.07) is 8.15. The molecule has 3 rings (SSSR count). The quantitative estimate of drug-likeness (QED) is 0.711. The molecule has 0 atom stereocenters. The Balaban J connectivity index is 1.77. The van der Waals surface area contributed by atoms with Crippen LogP contribution in [0.1, 0.15) is 19.0 Å². The lowest BCUT2D eigenvalue weighted by Crippen LogP contribution is -2.21. The van der Waals surface area contributed by atoms with Gasteiger partial charge in [0.15, 0.2) is 0 Å². The normalized spacial score (nSPS) is 10.8. The molecule has 5 heteroatoms. The standard InChI is InChI=1S/C17H18N4O/c1-12(22)19-8-4-5-13-9-18-11-17(21-13)15-10-20-16-7-3-2-6-14(15)16/h2-3,6-7,9-11,20H,4-5,8H2,1H3,(H,19,22). The van der Waals surface area contributed by atoms with Crippen molar-refractivity contribution in [2.45, 2.75) is 19.8 Å². The highest BCUT2D eigenvalue weighted by molar-refractivity contribution is 5.94. The molecular weight excluding hydrogens is 276 g/mol. The number of aryl methyl sites for hydroxylation is 1. The third-order valence-corrected chi connectivity index (χ3v) is 3.53. The highest BCUT2D eigenvalue weighted by atomic mass is 16.1. The second kappa shape index (κ2) is 6.39. The molecule has 0 spiro atoms. The summed E-state index contributed by atoms with van der Waals surface area (Å²) in [6.45, 7) is 2.19. The van der Waals surface area contributed by atoms with E-state index >= 15 is 0 Å². The maximum atomic E-state index is 10.8. The average molecular weight is 294 g/mol. The van der Waals surface area contributed by atoms with Gasteiger partial charge < -0.3 is 10.3 Å². The van der Waals surface area contributed by atoms with E-state index in [9.17, 15) is 4.79 Å². The average Bonchev–Trinajstić information content (AvgIpc) is 2.96. The number of aromatic amines is 1. The fourth-order valence-corrected chi connectivity index (χ4v) is 2.47. The Morgan fingerprint density at radius 3 is 3.00 bits per heavy atom. The summed E-state index contributed by atoms with van der Waals surface area (Å²) in [5.41, 5.74) is 3.96. The summed E-state index contributed by atoms with van der Waals surface area (Å²) in [4.78, 5) is 23.1. The molecule has 0 radical (unpaired) electrons. The Labute approximate surface area is 128 Å². The molecule has 0 unspecified atom stereocenters. The summed E-state index contributed by atoms with van der Waals surface area (Å²) in [5.74, 6) is -0.00127. The maximum Gasteiger partial charge on any atom is 0.216 e. The predicted octanol–water partition coefficient (Wildman–Crippen LogP) is 2.69. The fourth-order valence-electron chi connectivity index (χ4n) is 2.47. The van der Waals surface area contributed by atoms with Gasteiger partial charge in [-0.2, -0.15) is 0 Å². The molecule has 112 valence electrons. The van der Waals surface area contributed by atoms with E-state index in [1.807, 2.05) is 24.4 Å². The lowest BCUT2D eigenvalue weighted by molar-refractivity contribution is -0.118. The van der Waals surface area contributed by atoms with Gasteiger partial charge in [0.1, 0.15) is 0 Å². The zero-order chi connectivity index (χ0) is 15.4. The van der Waals surface area contributed by atoms with Crippen LogP contribution >= 0.6 is 0 Å². The first-order valence-corrected chi connectivity index (χ1v) is 7.36. The van der Waals surface area contributed by atoms with Crippen LogP contribution in [0.5, 0.6) is 0 Å². The number of benzene rings is 1. The van der Waals surface area contributed by atoms with Crippen LogP contribution in [0.3, 0.4) is 0 Å². The van der Waals surface area contributed by atoms with Crippen LogP contribution in [0.15, 0.2) is 42.9 Å². The van der Waals surface area contributed by atoms with Crippen LogP contribution < -0.4 is 5.32 Å². The number of hydrogen-bond donors (Lipinski definition) is 2. The molecule has 0 aliphatic heterocycles.